The third kappa shape index (κ3) is 2.21. The largest absolute Gasteiger partial charge is 0.395 e. The molecule has 1 rings (SSSR count). The molecule has 1 aliphatic heterocycles. The second-order valence-electron chi connectivity index (χ2n) is 3.08. The first-order chi connectivity index (χ1) is 5.77. The van der Waals surface area contributed by atoms with Crippen LogP contribution in [-0.4, -0.2) is 47.0 Å². The Labute approximate surface area is 73.0 Å². The zero-order valence-corrected chi connectivity index (χ0v) is 7.32. The van der Waals surface area contributed by atoms with Gasteiger partial charge < -0.3 is 10.2 Å². The summed E-state index contributed by atoms with van der Waals surface area (Å²) in [6.45, 7) is 3.20. The molecule has 0 bridgehead atoms. The van der Waals surface area contributed by atoms with Crippen LogP contribution < -0.4 is 0 Å². The number of hydrogen-bond donors (Lipinski definition) is 2. The molecule has 2 N–H and O–H groups in total. The second-order valence-corrected chi connectivity index (χ2v) is 3.08. The third-order valence-electron chi connectivity index (χ3n) is 2.18. The van der Waals surface area contributed by atoms with Gasteiger partial charge in [0, 0.05) is 12.6 Å². The summed E-state index contributed by atoms with van der Waals surface area (Å²) in [4.78, 5) is 2.02. The fourth-order valence-electron chi connectivity index (χ4n) is 1.52. The Balaban J connectivity index is 2.44. The van der Waals surface area contributed by atoms with Crippen molar-refractivity contribution in [3.63, 3.8) is 0 Å². The topological polar surface area (TPSA) is 43.7 Å². The van der Waals surface area contributed by atoms with E-state index in [9.17, 15) is 5.11 Å². The lowest BCUT2D eigenvalue weighted by Crippen LogP contribution is -2.32. The Kier molecular flexibility index (Phi) is 3.54. The predicted molar refractivity (Wildman–Crippen MR) is 46.5 cm³/mol. The van der Waals surface area contributed by atoms with E-state index in [-0.39, 0.29) is 18.8 Å². The highest BCUT2D eigenvalue weighted by molar-refractivity contribution is 5.00. The van der Waals surface area contributed by atoms with Crippen LogP contribution in [0.3, 0.4) is 0 Å². The summed E-state index contributed by atoms with van der Waals surface area (Å²) in [5.41, 5.74) is 0. The molecule has 2 atom stereocenters. The van der Waals surface area contributed by atoms with Crippen molar-refractivity contribution in [2.75, 3.05) is 19.7 Å². The molecular formula is C9H15NO2. The zero-order valence-electron chi connectivity index (χ0n) is 7.32. The monoisotopic (exact) mass is 169 g/mol. The first-order valence-electron chi connectivity index (χ1n) is 4.20. The van der Waals surface area contributed by atoms with Crippen molar-refractivity contribution in [2.24, 2.45) is 0 Å². The predicted octanol–water partition coefficient (Wildman–Crippen LogP) is -0.563. The van der Waals surface area contributed by atoms with Gasteiger partial charge in [-0.15, -0.1) is 5.92 Å². The number of likely N-dealkylation sites (tertiary alicyclic amines) is 1. The number of aliphatic hydroxyl groups excluding tert-OH is 2. The van der Waals surface area contributed by atoms with Crippen molar-refractivity contribution in [3.8, 4) is 11.8 Å². The van der Waals surface area contributed by atoms with E-state index in [0.717, 1.165) is 0 Å². The van der Waals surface area contributed by atoms with Crippen LogP contribution in [0.1, 0.15) is 13.3 Å². The van der Waals surface area contributed by atoms with E-state index in [2.05, 4.69) is 11.8 Å². The van der Waals surface area contributed by atoms with Crippen LogP contribution in [0.15, 0.2) is 0 Å². The molecule has 3 heteroatoms. The number of aliphatic hydroxyl groups is 2. The summed E-state index contributed by atoms with van der Waals surface area (Å²) in [6, 6.07) is 0.0980. The molecule has 1 fully saturated rings. The molecule has 1 aliphatic rings. The Morgan fingerprint density at radius 3 is 2.92 bits per heavy atom. The lowest BCUT2D eigenvalue weighted by molar-refractivity contribution is 0.169. The fourth-order valence-corrected chi connectivity index (χ4v) is 1.52. The van der Waals surface area contributed by atoms with Crippen molar-refractivity contribution in [3.05, 3.63) is 0 Å². The zero-order chi connectivity index (χ0) is 8.97. The molecule has 2 unspecified atom stereocenters. The van der Waals surface area contributed by atoms with E-state index in [4.69, 9.17) is 5.11 Å². The van der Waals surface area contributed by atoms with E-state index in [1.54, 1.807) is 6.92 Å². The quantitative estimate of drug-likeness (QED) is 0.544. The van der Waals surface area contributed by atoms with Crippen LogP contribution in [-0.2, 0) is 0 Å². The number of β-amino-alcohol motifs (C(OH)–C–C–N with tert-alkyl or cyclic N) is 1. The molecule has 1 heterocycles. The van der Waals surface area contributed by atoms with E-state index in [1.165, 1.54) is 0 Å². The number of nitrogens with zero attached hydrogens (tertiary/aromatic N) is 1. The van der Waals surface area contributed by atoms with Crippen LogP contribution in [0.5, 0.6) is 0 Å². The van der Waals surface area contributed by atoms with Gasteiger partial charge in [-0.05, 0) is 13.3 Å². The molecule has 0 amide bonds. The minimum Gasteiger partial charge on any atom is -0.395 e. The molecule has 0 aliphatic carbocycles. The van der Waals surface area contributed by atoms with Crippen molar-refractivity contribution < 1.29 is 10.2 Å². The Bertz CT molecular complexity index is 194. The van der Waals surface area contributed by atoms with Gasteiger partial charge in [0.25, 0.3) is 0 Å². The van der Waals surface area contributed by atoms with Crippen molar-refractivity contribution in [1.82, 2.24) is 4.90 Å². The fraction of sp³-hybridized carbons (Fsp3) is 0.778. The highest BCUT2D eigenvalue weighted by atomic mass is 16.3. The van der Waals surface area contributed by atoms with Crippen molar-refractivity contribution in [1.29, 1.82) is 0 Å². The van der Waals surface area contributed by atoms with Gasteiger partial charge in [-0.1, -0.05) is 5.92 Å². The second kappa shape index (κ2) is 4.46. The molecule has 0 spiro atoms. The molecule has 68 valence electrons. The Morgan fingerprint density at radius 1 is 1.58 bits per heavy atom. The highest BCUT2D eigenvalue weighted by Crippen LogP contribution is 2.16. The molecule has 0 saturated carbocycles. The van der Waals surface area contributed by atoms with Crippen LogP contribution in [0, 0.1) is 11.8 Å². The molecule has 1 saturated heterocycles. The van der Waals surface area contributed by atoms with Gasteiger partial charge in [-0.2, -0.15) is 0 Å². The first-order valence-corrected chi connectivity index (χ1v) is 4.20. The molecule has 0 aromatic carbocycles. The Morgan fingerprint density at radius 2 is 2.33 bits per heavy atom. The highest BCUT2D eigenvalue weighted by Gasteiger charge is 2.29. The third-order valence-corrected chi connectivity index (χ3v) is 2.18. The normalized spacial score (nSPS) is 29.9. The summed E-state index contributed by atoms with van der Waals surface area (Å²) in [7, 11) is 0. The van der Waals surface area contributed by atoms with Gasteiger partial charge >= 0.3 is 0 Å². The maximum Gasteiger partial charge on any atom is 0.0683 e. The van der Waals surface area contributed by atoms with E-state index in [0.29, 0.717) is 19.5 Å². The number of hydrogen-bond acceptors (Lipinski definition) is 3. The van der Waals surface area contributed by atoms with Crippen LogP contribution in [0.25, 0.3) is 0 Å². The van der Waals surface area contributed by atoms with Crippen molar-refractivity contribution >= 4 is 0 Å². The lowest BCUT2D eigenvalue weighted by atomic mass is 10.2. The minimum atomic E-state index is -0.291. The van der Waals surface area contributed by atoms with Crippen LogP contribution >= 0.6 is 0 Å². The molecule has 0 aromatic rings. The average molecular weight is 169 g/mol. The average Bonchev–Trinajstić information content (AvgIpc) is 2.42. The summed E-state index contributed by atoms with van der Waals surface area (Å²) < 4.78 is 0. The summed E-state index contributed by atoms with van der Waals surface area (Å²) in [5, 5.41) is 18.3. The SMILES string of the molecule is CC#CCN1CC(O)CC1CO. The van der Waals surface area contributed by atoms with E-state index < -0.39 is 0 Å². The van der Waals surface area contributed by atoms with Gasteiger partial charge in [-0.25, -0.2) is 0 Å². The van der Waals surface area contributed by atoms with E-state index in [1.807, 2.05) is 4.90 Å². The summed E-state index contributed by atoms with van der Waals surface area (Å²) >= 11 is 0. The molecule has 12 heavy (non-hydrogen) atoms. The van der Waals surface area contributed by atoms with Gasteiger partial charge in [0.2, 0.25) is 0 Å². The smallest absolute Gasteiger partial charge is 0.0683 e. The maximum atomic E-state index is 9.30. The Hall–Kier alpha value is -0.560. The maximum absolute atomic E-state index is 9.30. The molecule has 0 radical (unpaired) electrons. The molecular weight excluding hydrogens is 154 g/mol. The van der Waals surface area contributed by atoms with Crippen molar-refractivity contribution in [2.45, 2.75) is 25.5 Å². The van der Waals surface area contributed by atoms with Gasteiger partial charge in [0.15, 0.2) is 0 Å². The molecule has 3 nitrogen and oxygen atoms in total. The first kappa shape index (κ1) is 9.53. The summed E-state index contributed by atoms with van der Waals surface area (Å²) in [6.07, 6.45) is 0.378. The molecule has 0 aromatic heterocycles. The minimum absolute atomic E-state index is 0.0980. The van der Waals surface area contributed by atoms with Crippen LogP contribution in [0.2, 0.25) is 0 Å². The lowest BCUT2D eigenvalue weighted by Gasteiger charge is -2.18. The number of rotatable bonds is 2. The standard InChI is InChI=1S/C9H15NO2/c1-2-3-4-10-6-9(12)5-8(10)7-11/h8-9,11-12H,4-7H2,1H3. The van der Waals surface area contributed by atoms with Crippen LogP contribution in [0.4, 0.5) is 0 Å². The van der Waals surface area contributed by atoms with Gasteiger partial charge in [0.1, 0.15) is 0 Å². The van der Waals surface area contributed by atoms with Gasteiger partial charge in [0.05, 0.1) is 19.3 Å². The van der Waals surface area contributed by atoms with Gasteiger partial charge in [-0.3, -0.25) is 4.90 Å². The van der Waals surface area contributed by atoms with E-state index >= 15 is 0 Å². The summed E-state index contributed by atoms with van der Waals surface area (Å²) in [5.74, 6) is 5.73.